The zero-order valence-corrected chi connectivity index (χ0v) is 13.7. The predicted octanol–water partition coefficient (Wildman–Crippen LogP) is 2.73. The van der Waals surface area contributed by atoms with Crippen LogP contribution in [0.5, 0.6) is 11.5 Å². The molecule has 112 valence electrons. The molecule has 0 aliphatic carbocycles. The van der Waals surface area contributed by atoms with Crippen LogP contribution >= 0.6 is 15.9 Å². The molecule has 1 aromatic rings. The number of methoxy groups -OCH3 is 2. The summed E-state index contributed by atoms with van der Waals surface area (Å²) in [6.07, 6.45) is 2.09. The van der Waals surface area contributed by atoms with Gasteiger partial charge in [0.1, 0.15) is 0 Å². The number of morpholine rings is 1. The average Bonchev–Trinajstić information content (AvgIpc) is 2.47. The van der Waals surface area contributed by atoms with Crippen molar-refractivity contribution in [2.45, 2.75) is 12.8 Å². The molecule has 1 heterocycles. The summed E-state index contributed by atoms with van der Waals surface area (Å²) in [5.41, 5.74) is 1.19. The van der Waals surface area contributed by atoms with Gasteiger partial charge in [-0.05, 0) is 37.1 Å². The van der Waals surface area contributed by atoms with E-state index in [4.69, 9.17) is 14.2 Å². The number of aryl methyl sites for hydroxylation is 1. The summed E-state index contributed by atoms with van der Waals surface area (Å²) in [6, 6.07) is 4.05. The first kappa shape index (κ1) is 15.6. The molecule has 1 aliphatic heterocycles. The Morgan fingerprint density at radius 2 is 1.95 bits per heavy atom. The highest BCUT2D eigenvalue weighted by atomic mass is 79.9. The number of ether oxygens (including phenoxy) is 3. The van der Waals surface area contributed by atoms with E-state index in [2.05, 4.69) is 26.9 Å². The van der Waals surface area contributed by atoms with Gasteiger partial charge in [0.05, 0.1) is 27.4 Å². The number of hydrogen-bond acceptors (Lipinski definition) is 4. The van der Waals surface area contributed by atoms with Crippen LogP contribution in [0, 0.1) is 0 Å². The normalized spacial score (nSPS) is 16.1. The van der Waals surface area contributed by atoms with Gasteiger partial charge in [0.2, 0.25) is 0 Å². The second-order valence-electron chi connectivity index (χ2n) is 4.86. The van der Waals surface area contributed by atoms with Crippen LogP contribution in [-0.2, 0) is 11.2 Å². The van der Waals surface area contributed by atoms with E-state index in [1.165, 1.54) is 5.56 Å². The molecule has 20 heavy (non-hydrogen) atoms. The fourth-order valence-corrected chi connectivity index (χ4v) is 2.99. The summed E-state index contributed by atoms with van der Waals surface area (Å²) < 4.78 is 17.2. The third kappa shape index (κ3) is 4.11. The number of hydrogen-bond donors (Lipinski definition) is 0. The van der Waals surface area contributed by atoms with Gasteiger partial charge in [0.25, 0.3) is 0 Å². The average molecular weight is 344 g/mol. The summed E-state index contributed by atoms with van der Waals surface area (Å²) in [7, 11) is 3.36. The first-order valence-corrected chi connectivity index (χ1v) is 7.74. The molecule has 0 N–H and O–H groups in total. The summed E-state index contributed by atoms with van der Waals surface area (Å²) in [5.74, 6) is 1.63. The fourth-order valence-electron chi connectivity index (χ4n) is 2.51. The Bertz CT molecular complexity index is 433. The molecule has 1 aromatic carbocycles. The lowest BCUT2D eigenvalue weighted by molar-refractivity contribution is 0.0374. The van der Waals surface area contributed by atoms with Crippen LogP contribution in [0.25, 0.3) is 0 Å². The Morgan fingerprint density at radius 1 is 1.20 bits per heavy atom. The second kappa shape index (κ2) is 7.86. The molecule has 0 amide bonds. The second-order valence-corrected chi connectivity index (χ2v) is 5.77. The van der Waals surface area contributed by atoms with Crippen molar-refractivity contribution < 1.29 is 14.2 Å². The van der Waals surface area contributed by atoms with Gasteiger partial charge in [-0.15, -0.1) is 0 Å². The van der Waals surface area contributed by atoms with Crippen molar-refractivity contribution in [1.29, 1.82) is 0 Å². The van der Waals surface area contributed by atoms with Gasteiger partial charge in [0, 0.05) is 17.6 Å². The molecule has 1 saturated heterocycles. The number of rotatable bonds is 6. The van der Waals surface area contributed by atoms with Crippen molar-refractivity contribution in [3.8, 4) is 11.5 Å². The molecule has 0 unspecified atom stereocenters. The highest BCUT2D eigenvalue weighted by Gasteiger charge is 2.13. The van der Waals surface area contributed by atoms with Crippen LogP contribution in [0.1, 0.15) is 12.0 Å². The highest BCUT2D eigenvalue weighted by Crippen LogP contribution is 2.35. The predicted molar refractivity (Wildman–Crippen MR) is 82.8 cm³/mol. The SMILES string of the molecule is COc1cc(Br)cc(CCCN2CCOCC2)c1OC. The zero-order chi connectivity index (χ0) is 14.4. The molecule has 0 saturated carbocycles. The highest BCUT2D eigenvalue weighted by molar-refractivity contribution is 9.10. The third-order valence-corrected chi connectivity index (χ3v) is 4.00. The zero-order valence-electron chi connectivity index (χ0n) is 12.2. The van der Waals surface area contributed by atoms with Crippen molar-refractivity contribution in [2.24, 2.45) is 0 Å². The Labute approximate surface area is 129 Å². The van der Waals surface area contributed by atoms with Crippen molar-refractivity contribution >= 4 is 15.9 Å². The first-order chi connectivity index (χ1) is 9.74. The van der Waals surface area contributed by atoms with E-state index >= 15 is 0 Å². The van der Waals surface area contributed by atoms with Gasteiger partial charge in [-0.2, -0.15) is 0 Å². The molecule has 4 nitrogen and oxygen atoms in total. The monoisotopic (exact) mass is 343 g/mol. The van der Waals surface area contributed by atoms with Gasteiger partial charge < -0.3 is 14.2 Å². The van der Waals surface area contributed by atoms with Crippen LogP contribution in [0.3, 0.4) is 0 Å². The first-order valence-electron chi connectivity index (χ1n) is 6.95. The molecule has 1 aliphatic rings. The fraction of sp³-hybridized carbons (Fsp3) is 0.600. The van der Waals surface area contributed by atoms with Gasteiger partial charge in [-0.25, -0.2) is 0 Å². The molecular formula is C15H22BrNO3. The minimum absolute atomic E-state index is 0.781. The maximum Gasteiger partial charge on any atom is 0.163 e. The molecule has 0 atom stereocenters. The Hall–Kier alpha value is -0.780. The summed E-state index contributed by atoms with van der Waals surface area (Å²) in [4.78, 5) is 2.45. The summed E-state index contributed by atoms with van der Waals surface area (Å²) >= 11 is 3.52. The minimum atomic E-state index is 0.781. The van der Waals surface area contributed by atoms with Crippen LogP contribution in [0.4, 0.5) is 0 Å². The lowest BCUT2D eigenvalue weighted by atomic mass is 10.1. The van der Waals surface area contributed by atoms with Gasteiger partial charge in [-0.1, -0.05) is 15.9 Å². The van der Waals surface area contributed by atoms with E-state index in [1.807, 2.05) is 6.07 Å². The molecular weight excluding hydrogens is 322 g/mol. The molecule has 2 rings (SSSR count). The van der Waals surface area contributed by atoms with Crippen molar-refractivity contribution in [3.05, 3.63) is 22.2 Å². The molecule has 0 aromatic heterocycles. The van der Waals surface area contributed by atoms with E-state index in [9.17, 15) is 0 Å². The third-order valence-electron chi connectivity index (χ3n) is 3.54. The Kier molecular flexibility index (Phi) is 6.13. The molecule has 1 fully saturated rings. The van der Waals surface area contributed by atoms with E-state index in [-0.39, 0.29) is 0 Å². The van der Waals surface area contributed by atoms with Gasteiger partial charge in [-0.3, -0.25) is 4.90 Å². The Morgan fingerprint density at radius 3 is 2.60 bits per heavy atom. The van der Waals surface area contributed by atoms with Crippen molar-refractivity contribution in [1.82, 2.24) is 4.90 Å². The maximum atomic E-state index is 5.49. The van der Waals surface area contributed by atoms with Gasteiger partial charge >= 0.3 is 0 Å². The quantitative estimate of drug-likeness (QED) is 0.794. The summed E-state index contributed by atoms with van der Waals surface area (Å²) in [5, 5.41) is 0. The van der Waals surface area contributed by atoms with E-state index in [0.29, 0.717) is 0 Å². The molecule has 5 heteroatoms. The summed E-state index contributed by atoms with van der Waals surface area (Å²) in [6.45, 7) is 4.89. The van der Waals surface area contributed by atoms with E-state index < -0.39 is 0 Å². The van der Waals surface area contributed by atoms with Crippen molar-refractivity contribution in [2.75, 3.05) is 47.1 Å². The standard InChI is InChI=1S/C15H22BrNO3/c1-18-14-11-13(16)10-12(15(14)19-2)4-3-5-17-6-8-20-9-7-17/h10-11H,3-9H2,1-2H3. The minimum Gasteiger partial charge on any atom is -0.493 e. The van der Waals surface area contributed by atoms with Crippen LogP contribution in [0.2, 0.25) is 0 Å². The van der Waals surface area contributed by atoms with E-state index in [1.54, 1.807) is 14.2 Å². The number of benzene rings is 1. The van der Waals surface area contributed by atoms with E-state index in [0.717, 1.165) is 61.7 Å². The van der Waals surface area contributed by atoms with Crippen LogP contribution in [0.15, 0.2) is 16.6 Å². The van der Waals surface area contributed by atoms with Crippen LogP contribution < -0.4 is 9.47 Å². The molecule has 0 bridgehead atoms. The molecule has 0 spiro atoms. The number of nitrogens with zero attached hydrogens (tertiary/aromatic N) is 1. The van der Waals surface area contributed by atoms with Crippen molar-refractivity contribution in [3.63, 3.8) is 0 Å². The number of halogens is 1. The Balaban J connectivity index is 1.95. The van der Waals surface area contributed by atoms with Crippen LogP contribution in [-0.4, -0.2) is 52.0 Å². The lowest BCUT2D eigenvalue weighted by Gasteiger charge is -2.26. The maximum absolute atomic E-state index is 5.49. The topological polar surface area (TPSA) is 30.9 Å². The van der Waals surface area contributed by atoms with Gasteiger partial charge in [0.15, 0.2) is 11.5 Å². The smallest absolute Gasteiger partial charge is 0.163 e. The lowest BCUT2D eigenvalue weighted by Crippen LogP contribution is -2.36. The largest absolute Gasteiger partial charge is 0.493 e. The molecule has 0 radical (unpaired) electrons.